The fourth-order valence-corrected chi connectivity index (χ4v) is 2.67. The first-order chi connectivity index (χ1) is 7.65. The fourth-order valence-electron chi connectivity index (χ4n) is 1.78. The number of hydrogen-bond acceptors (Lipinski definition) is 5. The Hall–Kier alpha value is -0.520. The van der Waals surface area contributed by atoms with Crippen LogP contribution in [0.3, 0.4) is 0 Å². The second-order valence-corrected chi connectivity index (χ2v) is 5.74. The largest absolute Gasteiger partial charge is 0.378 e. The van der Waals surface area contributed by atoms with Crippen LogP contribution in [-0.4, -0.2) is 29.0 Å². The van der Waals surface area contributed by atoms with Gasteiger partial charge in [-0.1, -0.05) is 25.2 Å². The molecule has 0 saturated carbocycles. The van der Waals surface area contributed by atoms with Crippen molar-refractivity contribution in [3.8, 4) is 0 Å². The summed E-state index contributed by atoms with van der Waals surface area (Å²) in [5.41, 5.74) is 0. The third kappa shape index (κ3) is 2.99. The van der Waals surface area contributed by atoms with Gasteiger partial charge in [-0.3, -0.25) is 0 Å². The first-order valence-electron chi connectivity index (χ1n) is 5.82. The highest BCUT2D eigenvalue weighted by Gasteiger charge is 2.26. The lowest BCUT2D eigenvalue weighted by Crippen LogP contribution is -2.21. The van der Waals surface area contributed by atoms with Crippen LogP contribution in [0.4, 0.5) is 0 Å². The van der Waals surface area contributed by atoms with Gasteiger partial charge in [0.1, 0.15) is 10.0 Å². The Morgan fingerprint density at radius 3 is 2.94 bits per heavy atom. The molecule has 1 aliphatic rings. The second-order valence-electron chi connectivity index (χ2n) is 4.65. The summed E-state index contributed by atoms with van der Waals surface area (Å²) in [5.74, 6) is 0.459. The number of rotatable bonds is 4. The van der Waals surface area contributed by atoms with E-state index in [4.69, 9.17) is 4.74 Å². The number of ether oxygens (including phenoxy) is 1. The van der Waals surface area contributed by atoms with Crippen LogP contribution < -0.4 is 5.32 Å². The molecular formula is C11H19N3OS. The average Bonchev–Trinajstić information content (AvgIpc) is 2.83. The predicted octanol–water partition coefficient (Wildman–Crippen LogP) is 1.93. The monoisotopic (exact) mass is 241 g/mol. The van der Waals surface area contributed by atoms with E-state index >= 15 is 0 Å². The van der Waals surface area contributed by atoms with Gasteiger partial charge in [-0.05, 0) is 13.3 Å². The minimum atomic E-state index is 0.367. The number of aromatic nitrogens is 2. The van der Waals surface area contributed by atoms with Gasteiger partial charge in [-0.15, -0.1) is 10.2 Å². The fraction of sp³-hybridized carbons (Fsp3) is 0.818. The van der Waals surface area contributed by atoms with Crippen LogP contribution in [0.2, 0.25) is 0 Å². The molecule has 2 unspecified atom stereocenters. The molecule has 2 heterocycles. The van der Waals surface area contributed by atoms with Crippen molar-refractivity contribution in [2.45, 2.75) is 51.8 Å². The zero-order chi connectivity index (χ0) is 11.5. The maximum Gasteiger partial charge on any atom is 0.131 e. The van der Waals surface area contributed by atoms with E-state index in [0.29, 0.717) is 18.1 Å². The van der Waals surface area contributed by atoms with E-state index in [-0.39, 0.29) is 0 Å². The third-order valence-electron chi connectivity index (χ3n) is 2.69. The van der Waals surface area contributed by atoms with Crippen LogP contribution in [0.25, 0.3) is 0 Å². The van der Waals surface area contributed by atoms with E-state index in [0.717, 1.165) is 29.6 Å². The van der Waals surface area contributed by atoms with Crippen molar-refractivity contribution in [2.75, 3.05) is 6.61 Å². The molecule has 1 N–H and O–H groups in total. The van der Waals surface area contributed by atoms with Gasteiger partial charge in [0.2, 0.25) is 0 Å². The van der Waals surface area contributed by atoms with E-state index < -0.39 is 0 Å². The lowest BCUT2D eigenvalue weighted by atomic mass is 10.1. The van der Waals surface area contributed by atoms with E-state index in [1.165, 1.54) is 0 Å². The molecule has 1 aromatic rings. The van der Waals surface area contributed by atoms with Crippen molar-refractivity contribution in [3.63, 3.8) is 0 Å². The Balaban J connectivity index is 1.91. The van der Waals surface area contributed by atoms with E-state index in [9.17, 15) is 0 Å². The van der Waals surface area contributed by atoms with Gasteiger partial charge in [0, 0.05) is 18.5 Å². The van der Waals surface area contributed by atoms with E-state index in [2.05, 4.69) is 36.3 Å². The lowest BCUT2D eigenvalue weighted by molar-refractivity contribution is 0.123. The summed E-state index contributed by atoms with van der Waals surface area (Å²) in [7, 11) is 0. The topological polar surface area (TPSA) is 47.0 Å². The summed E-state index contributed by atoms with van der Waals surface area (Å²) in [6.07, 6.45) is 1.44. The first-order valence-corrected chi connectivity index (χ1v) is 6.64. The van der Waals surface area contributed by atoms with Gasteiger partial charge in [-0.25, -0.2) is 0 Å². The summed E-state index contributed by atoms with van der Waals surface area (Å²) in [4.78, 5) is 0. The first kappa shape index (κ1) is 12.0. The Bertz CT molecular complexity index is 340. The predicted molar refractivity (Wildman–Crippen MR) is 64.7 cm³/mol. The molecule has 4 nitrogen and oxygen atoms in total. The van der Waals surface area contributed by atoms with Gasteiger partial charge < -0.3 is 10.1 Å². The van der Waals surface area contributed by atoms with Crippen LogP contribution in [0.1, 0.15) is 43.1 Å². The van der Waals surface area contributed by atoms with Gasteiger partial charge in [0.25, 0.3) is 0 Å². The Kier molecular flexibility index (Phi) is 3.89. The number of nitrogens with zero attached hydrogens (tertiary/aromatic N) is 2. The van der Waals surface area contributed by atoms with Crippen LogP contribution in [0.15, 0.2) is 0 Å². The molecule has 0 aliphatic carbocycles. The van der Waals surface area contributed by atoms with Crippen molar-refractivity contribution < 1.29 is 4.74 Å². The molecule has 16 heavy (non-hydrogen) atoms. The van der Waals surface area contributed by atoms with Crippen LogP contribution in [0, 0.1) is 0 Å². The molecular weight excluding hydrogens is 222 g/mol. The summed E-state index contributed by atoms with van der Waals surface area (Å²) >= 11 is 1.71. The van der Waals surface area contributed by atoms with E-state index in [1.807, 2.05) is 0 Å². The summed E-state index contributed by atoms with van der Waals surface area (Å²) in [6.45, 7) is 8.00. The van der Waals surface area contributed by atoms with Crippen LogP contribution in [-0.2, 0) is 11.3 Å². The van der Waals surface area contributed by atoms with Gasteiger partial charge in [0.15, 0.2) is 0 Å². The van der Waals surface area contributed by atoms with Crippen molar-refractivity contribution in [3.05, 3.63) is 10.0 Å². The Labute approximate surface area is 100 Å². The average molecular weight is 241 g/mol. The third-order valence-corrected chi connectivity index (χ3v) is 3.78. The molecule has 0 spiro atoms. The highest BCUT2D eigenvalue weighted by atomic mass is 32.1. The number of hydrogen-bond donors (Lipinski definition) is 1. The van der Waals surface area contributed by atoms with Crippen molar-refractivity contribution in [2.24, 2.45) is 0 Å². The molecule has 2 atom stereocenters. The summed E-state index contributed by atoms with van der Waals surface area (Å²) < 4.78 is 5.55. The molecule has 0 amide bonds. The minimum absolute atomic E-state index is 0.367. The zero-order valence-corrected chi connectivity index (χ0v) is 10.9. The highest BCUT2D eigenvalue weighted by molar-refractivity contribution is 7.11. The van der Waals surface area contributed by atoms with Crippen LogP contribution >= 0.6 is 11.3 Å². The molecule has 1 aliphatic heterocycles. The molecule has 0 aromatic carbocycles. The van der Waals surface area contributed by atoms with Crippen molar-refractivity contribution in [1.29, 1.82) is 0 Å². The highest BCUT2D eigenvalue weighted by Crippen LogP contribution is 2.30. The molecule has 2 rings (SSSR count). The molecule has 1 saturated heterocycles. The summed E-state index contributed by atoms with van der Waals surface area (Å²) in [6, 6.07) is 0.488. The van der Waals surface area contributed by atoms with Gasteiger partial charge in [-0.2, -0.15) is 0 Å². The maximum atomic E-state index is 5.55. The van der Waals surface area contributed by atoms with Crippen LogP contribution in [0.5, 0.6) is 0 Å². The van der Waals surface area contributed by atoms with Crippen molar-refractivity contribution in [1.82, 2.24) is 15.5 Å². The van der Waals surface area contributed by atoms with Gasteiger partial charge in [0.05, 0.1) is 12.7 Å². The lowest BCUT2D eigenvalue weighted by Gasteiger charge is -2.04. The van der Waals surface area contributed by atoms with Crippen molar-refractivity contribution >= 4 is 11.3 Å². The molecule has 5 heteroatoms. The Morgan fingerprint density at radius 1 is 1.50 bits per heavy atom. The molecule has 0 bridgehead atoms. The normalized spacial score (nSPS) is 25.5. The molecule has 1 aromatic heterocycles. The van der Waals surface area contributed by atoms with Gasteiger partial charge >= 0.3 is 0 Å². The molecule has 1 fully saturated rings. The quantitative estimate of drug-likeness (QED) is 0.875. The summed E-state index contributed by atoms with van der Waals surface area (Å²) in [5, 5.41) is 14.0. The SMILES string of the molecule is CC(C)NCc1nnc(C2COC(C)C2)s1. The zero-order valence-electron chi connectivity index (χ0n) is 10.1. The molecule has 0 radical (unpaired) electrons. The molecule has 90 valence electrons. The minimum Gasteiger partial charge on any atom is -0.378 e. The second kappa shape index (κ2) is 5.21. The standard InChI is InChI=1S/C11H19N3OS/c1-7(2)12-5-10-13-14-11(16-10)9-4-8(3)15-6-9/h7-9,12H,4-6H2,1-3H3. The maximum absolute atomic E-state index is 5.55. The number of nitrogens with one attached hydrogen (secondary N) is 1. The smallest absolute Gasteiger partial charge is 0.131 e. The Morgan fingerprint density at radius 2 is 2.31 bits per heavy atom. The van der Waals surface area contributed by atoms with E-state index in [1.54, 1.807) is 11.3 Å².